The molecule has 2 heterocycles. The maximum absolute atomic E-state index is 12.1. The number of carbonyl (C=O) groups excluding carboxylic acids is 1. The highest BCUT2D eigenvalue weighted by molar-refractivity contribution is 7.13. The summed E-state index contributed by atoms with van der Waals surface area (Å²) in [4.78, 5) is 18.6. The molecule has 22 heavy (non-hydrogen) atoms. The number of hydrogen-bond acceptors (Lipinski definition) is 5. The number of hydrogen-bond donors (Lipinski definition) is 1. The fraction of sp³-hybridized carbons (Fsp3) is 0.500. The molecule has 0 unspecified atom stereocenters. The molecule has 0 saturated carbocycles. The molecule has 0 aliphatic heterocycles. The number of thiazole rings is 1. The van der Waals surface area contributed by atoms with Crippen LogP contribution in [-0.2, 0) is 11.2 Å². The molecule has 2 aromatic heterocycles. The quantitative estimate of drug-likeness (QED) is 0.852. The second kappa shape index (κ2) is 7.07. The van der Waals surface area contributed by atoms with Crippen LogP contribution in [0.1, 0.15) is 19.5 Å². The van der Waals surface area contributed by atoms with E-state index >= 15 is 0 Å². The first kappa shape index (κ1) is 16.7. The highest BCUT2D eigenvalue weighted by atomic mass is 32.1. The second-order valence-electron chi connectivity index (χ2n) is 6.48. The number of carbonyl (C=O) groups is 1. The van der Waals surface area contributed by atoms with Crippen molar-refractivity contribution < 1.29 is 9.21 Å². The van der Waals surface area contributed by atoms with Crippen LogP contribution in [0.5, 0.6) is 0 Å². The van der Waals surface area contributed by atoms with E-state index in [4.69, 9.17) is 4.42 Å². The van der Waals surface area contributed by atoms with Crippen molar-refractivity contribution in [1.82, 2.24) is 15.2 Å². The fourth-order valence-electron chi connectivity index (χ4n) is 2.38. The van der Waals surface area contributed by atoms with Crippen LogP contribution in [0.3, 0.4) is 0 Å². The summed E-state index contributed by atoms with van der Waals surface area (Å²) in [7, 11) is 4.07. The van der Waals surface area contributed by atoms with Gasteiger partial charge in [-0.15, -0.1) is 11.3 Å². The molecule has 0 aromatic carbocycles. The maximum Gasteiger partial charge on any atom is 0.226 e. The average Bonchev–Trinajstić information content (AvgIpc) is 3.05. The molecular formula is C16H23N3O2S. The van der Waals surface area contributed by atoms with E-state index in [9.17, 15) is 4.79 Å². The fourth-order valence-corrected chi connectivity index (χ4v) is 3.16. The standard InChI is InChI=1S/C16H23N3O2S/c1-16(2,11-19(3)4)10-17-14(20)8-12-9-22-15(18-12)13-6-5-7-21-13/h5-7,9H,8,10-11H2,1-4H3,(H,17,20). The minimum atomic E-state index is 0.00289. The minimum Gasteiger partial charge on any atom is -0.462 e. The Bertz CT molecular complexity index is 603. The van der Waals surface area contributed by atoms with Crippen molar-refractivity contribution in [3.63, 3.8) is 0 Å². The van der Waals surface area contributed by atoms with Crippen molar-refractivity contribution in [3.05, 3.63) is 29.5 Å². The van der Waals surface area contributed by atoms with Gasteiger partial charge < -0.3 is 14.6 Å². The highest BCUT2D eigenvalue weighted by Crippen LogP contribution is 2.24. The van der Waals surface area contributed by atoms with E-state index in [0.717, 1.165) is 23.0 Å². The molecule has 1 N–H and O–H groups in total. The van der Waals surface area contributed by atoms with E-state index in [1.807, 2.05) is 31.6 Å². The topological polar surface area (TPSA) is 58.4 Å². The Balaban J connectivity index is 1.85. The van der Waals surface area contributed by atoms with Crippen LogP contribution >= 0.6 is 11.3 Å². The normalized spacial score (nSPS) is 11.9. The third-order valence-electron chi connectivity index (χ3n) is 3.13. The Labute approximate surface area is 135 Å². The summed E-state index contributed by atoms with van der Waals surface area (Å²) in [5.41, 5.74) is 0.819. The van der Waals surface area contributed by atoms with E-state index in [1.54, 1.807) is 6.26 Å². The SMILES string of the molecule is CN(C)CC(C)(C)CNC(=O)Cc1csc(-c2ccco2)n1. The van der Waals surface area contributed by atoms with Gasteiger partial charge in [0.15, 0.2) is 10.8 Å². The largest absolute Gasteiger partial charge is 0.462 e. The van der Waals surface area contributed by atoms with Gasteiger partial charge in [0.05, 0.1) is 18.4 Å². The van der Waals surface area contributed by atoms with E-state index in [1.165, 1.54) is 11.3 Å². The molecule has 0 spiro atoms. The molecule has 0 atom stereocenters. The Kier molecular flexibility index (Phi) is 5.37. The molecule has 1 amide bonds. The maximum atomic E-state index is 12.1. The average molecular weight is 321 g/mol. The zero-order valence-electron chi connectivity index (χ0n) is 13.5. The van der Waals surface area contributed by atoms with Crippen molar-refractivity contribution in [2.45, 2.75) is 20.3 Å². The Morgan fingerprint density at radius 2 is 2.23 bits per heavy atom. The van der Waals surface area contributed by atoms with Crippen LogP contribution in [0.15, 0.2) is 28.2 Å². The molecule has 0 fully saturated rings. The lowest BCUT2D eigenvalue weighted by Gasteiger charge is -2.28. The molecule has 120 valence electrons. The van der Waals surface area contributed by atoms with Gasteiger partial charge in [-0.2, -0.15) is 0 Å². The molecule has 2 rings (SSSR count). The van der Waals surface area contributed by atoms with E-state index < -0.39 is 0 Å². The molecule has 0 radical (unpaired) electrons. The lowest BCUT2D eigenvalue weighted by atomic mass is 9.93. The molecule has 2 aromatic rings. The predicted molar refractivity (Wildman–Crippen MR) is 88.9 cm³/mol. The van der Waals surface area contributed by atoms with Crippen LogP contribution in [0, 0.1) is 5.41 Å². The summed E-state index contributed by atoms with van der Waals surface area (Å²) in [6, 6.07) is 3.70. The molecular weight excluding hydrogens is 298 g/mol. The Morgan fingerprint density at radius 1 is 1.45 bits per heavy atom. The number of amides is 1. The minimum absolute atomic E-state index is 0.00289. The number of rotatable bonds is 7. The van der Waals surface area contributed by atoms with Crippen LogP contribution in [0.2, 0.25) is 0 Å². The number of aromatic nitrogens is 1. The van der Waals surface area contributed by atoms with Gasteiger partial charge in [0.25, 0.3) is 0 Å². The van der Waals surface area contributed by atoms with Crippen molar-refractivity contribution in [3.8, 4) is 10.8 Å². The molecule has 5 nitrogen and oxygen atoms in total. The molecule has 0 aliphatic rings. The van der Waals surface area contributed by atoms with Gasteiger partial charge >= 0.3 is 0 Å². The zero-order valence-corrected chi connectivity index (χ0v) is 14.4. The summed E-state index contributed by atoms with van der Waals surface area (Å²) in [5.74, 6) is 0.743. The van der Waals surface area contributed by atoms with Gasteiger partial charge in [-0.1, -0.05) is 13.8 Å². The van der Waals surface area contributed by atoms with E-state index in [0.29, 0.717) is 13.0 Å². The van der Waals surface area contributed by atoms with Crippen LogP contribution in [-0.4, -0.2) is 43.0 Å². The van der Waals surface area contributed by atoms with Crippen molar-refractivity contribution >= 4 is 17.2 Å². The summed E-state index contributed by atoms with van der Waals surface area (Å²) >= 11 is 1.49. The van der Waals surface area contributed by atoms with Crippen molar-refractivity contribution in [1.29, 1.82) is 0 Å². The highest BCUT2D eigenvalue weighted by Gasteiger charge is 2.20. The summed E-state index contributed by atoms with van der Waals surface area (Å²) in [6.45, 7) is 5.86. The van der Waals surface area contributed by atoms with Gasteiger partial charge in [-0.05, 0) is 31.6 Å². The lowest BCUT2D eigenvalue weighted by molar-refractivity contribution is -0.121. The first-order valence-corrected chi connectivity index (χ1v) is 8.13. The van der Waals surface area contributed by atoms with Gasteiger partial charge in [-0.25, -0.2) is 4.98 Å². The van der Waals surface area contributed by atoms with Crippen LogP contribution in [0.4, 0.5) is 0 Å². The van der Waals surface area contributed by atoms with Crippen LogP contribution < -0.4 is 5.32 Å². The number of furan rings is 1. The van der Waals surface area contributed by atoms with Crippen molar-refractivity contribution in [2.75, 3.05) is 27.2 Å². The Hall–Kier alpha value is -1.66. The van der Waals surface area contributed by atoms with Gasteiger partial charge in [0, 0.05) is 18.5 Å². The third kappa shape index (κ3) is 4.96. The van der Waals surface area contributed by atoms with Crippen molar-refractivity contribution in [2.24, 2.45) is 5.41 Å². The predicted octanol–water partition coefficient (Wildman–Crippen LogP) is 2.65. The van der Waals surface area contributed by atoms with Crippen LogP contribution in [0.25, 0.3) is 10.8 Å². The van der Waals surface area contributed by atoms with Gasteiger partial charge in [-0.3, -0.25) is 4.79 Å². The lowest BCUT2D eigenvalue weighted by Crippen LogP contribution is -2.40. The first-order valence-electron chi connectivity index (χ1n) is 7.25. The summed E-state index contributed by atoms with van der Waals surface area (Å²) in [6.07, 6.45) is 1.92. The number of nitrogens with zero attached hydrogens (tertiary/aromatic N) is 2. The van der Waals surface area contributed by atoms with E-state index in [-0.39, 0.29) is 11.3 Å². The number of nitrogens with one attached hydrogen (secondary N) is 1. The monoisotopic (exact) mass is 321 g/mol. The second-order valence-corrected chi connectivity index (χ2v) is 7.33. The van der Waals surface area contributed by atoms with E-state index in [2.05, 4.69) is 29.0 Å². The molecule has 0 aliphatic carbocycles. The zero-order chi connectivity index (χ0) is 16.2. The van der Waals surface area contributed by atoms with Gasteiger partial charge in [0.1, 0.15) is 0 Å². The molecule has 6 heteroatoms. The summed E-state index contributed by atoms with van der Waals surface area (Å²) < 4.78 is 5.31. The third-order valence-corrected chi connectivity index (χ3v) is 4.04. The molecule has 0 saturated heterocycles. The summed E-state index contributed by atoms with van der Waals surface area (Å²) in [5, 5.41) is 5.71. The van der Waals surface area contributed by atoms with Gasteiger partial charge in [0.2, 0.25) is 5.91 Å². The first-order chi connectivity index (χ1) is 10.4. The molecule has 0 bridgehead atoms. The Morgan fingerprint density at radius 3 is 2.86 bits per heavy atom. The smallest absolute Gasteiger partial charge is 0.226 e.